The van der Waals surface area contributed by atoms with Crippen LogP contribution in [0.3, 0.4) is 0 Å². The average Bonchev–Trinajstić information content (AvgIpc) is 3.62. The summed E-state index contributed by atoms with van der Waals surface area (Å²) in [4.78, 5) is 13.1. The normalized spacial score (nSPS) is 17.6. The predicted molar refractivity (Wildman–Crippen MR) is 186 cm³/mol. The number of aromatic amines is 1. The zero-order valence-electron chi connectivity index (χ0n) is 27.4. The molecule has 2 aromatic carbocycles. The number of nitrogens with zero attached hydrogens (tertiary/aromatic N) is 5. The molecule has 0 saturated carbocycles. The van der Waals surface area contributed by atoms with Gasteiger partial charge in [-0.3, -0.25) is 0 Å². The van der Waals surface area contributed by atoms with E-state index in [1.165, 1.54) is 33.2 Å². The molecule has 2 aliphatic rings. The third-order valence-electron chi connectivity index (χ3n) is 10.2. The van der Waals surface area contributed by atoms with Crippen LogP contribution in [0.25, 0.3) is 21.8 Å². The number of anilines is 2. The topological polar surface area (TPSA) is 33.7 Å². The maximum Gasteiger partial charge on any atom is 0.169 e. The van der Waals surface area contributed by atoms with E-state index in [1.54, 1.807) is 0 Å². The van der Waals surface area contributed by atoms with Crippen molar-refractivity contribution < 1.29 is 0 Å². The van der Waals surface area contributed by atoms with E-state index in [2.05, 4.69) is 139 Å². The second-order valence-corrected chi connectivity index (χ2v) is 19.3. The lowest BCUT2D eigenvalue weighted by Crippen LogP contribution is -2.51. The number of nitrogens with one attached hydrogen (secondary N) is 1. The molecule has 228 valence electrons. The Balaban J connectivity index is 0.000000187. The Kier molecular flexibility index (Phi) is 9.40. The monoisotopic (exact) mass is 586 g/mol. The highest BCUT2D eigenvalue weighted by Crippen LogP contribution is 2.45. The molecule has 42 heavy (non-hydrogen) atoms. The highest BCUT2D eigenvalue weighted by Gasteiger charge is 2.45. The van der Waals surface area contributed by atoms with Crippen LogP contribution in [0.1, 0.15) is 41.5 Å². The molecule has 2 aliphatic heterocycles. The van der Waals surface area contributed by atoms with Crippen LogP contribution in [0.4, 0.5) is 11.4 Å². The summed E-state index contributed by atoms with van der Waals surface area (Å²) >= 11 is 0. The average molecular weight is 587 g/mol. The Bertz CT molecular complexity index is 1410. The highest BCUT2D eigenvalue weighted by molar-refractivity contribution is 6.82. The van der Waals surface area contributed by atoms with Gasteiger partial charge in [0.25, 0.3) is 0 Å². The van der Waals surface area contributed by atoms with Gasteiger partial charge in [-0.25, -0.2) is 0 Å². The van der Waals surface area contributed by atoms with E-state index < -0.39 is 8.24 Å². The van der Waals surface area contributed by atoms with Crippen molar-refractivity contribution in [2.75, 3.05) is 76.3 Å². The number of benzene rings is 2. The second kappa shape index (κ2) is 12.9. The summed E-state index contributed by atoms with van der Waals surface area (Å²) < 4.78 is 2.74. The first-order valence-electron chi connectivity index (χ1n) is 16.2. The van der Waals surface area contributed by atoms with Crippen molar-refractivity contribution in [3.63, 3.8) is 0 Å². The molecule has 6 nitrogen and oxygen atoms in total. The molecule has 6 rings (SSSR count). The zero-order chi connectivity index (χ0) is 30.0. The van der Waals surface area contributed by atoms with E-state index in [0.29, 0.717) is 16.6 Å². The first-order valence-corrected chi connectivity index (χ1v) is 18.4. The van der Waals surface area contributed by atoms with E-state index in [0.717, 1.165) is 52.4 Å². The lowest BCUT2D eigenvalue weighted by molar-refractivity contribution is 0.313. The minimum Gasteiger partial charge on any atom is -0.373 e. The van der Waals surface area contributed by atoms with Gasteiger partial charge < -0.3 is 28.8 Å². The lowest BCUT2D eigenvalue weighted by Gasteiger charge is -2.44. The quantitative estimate of drug-likeness (QED) is 0.240. The van der Waals surface area contributed by atoms with E-state index >= 15 is 0 Å². The van der Waals surface area contributed by atoms with Gasteiger partial charge in [-0.1, -0.05) is 53.7 Å². The predicted octanol–water partition coefficient (Wildman–Crippen LogP) is 7.34. The van der Waals surface area contributed by atoms with Crippen LogP contribution in [-0.4, -0.2) is 93.7 Å². The third-order valence-corrected chi connectivity index (χ3v) is 16.9. The summed E-state index contributed by atoms with van der Waals surface area (Å²) in [5.41, 5.74) is 7.61. The Morgan fingerprint density at radius 3 is 1.62 bits per heavy atom. The van der Waals surface area contributed by atoms with Gasteiger partial charge in [0.15, 0.2) is 8.24 Å². The number of fused-ring (bicyclic) bond motifs is 2. The molecule has 0 unspecified atom stereocenters. The summed E-state index contributed by atoms with van der Waals surface area (Å²) in [6.07, 6.45) is 4.43. The summed E-state index contributed by atoms with van der Waals surface area (Å²) in [5, 5.41) is 2.78. The first-order chi connectivity index (χ1) is 20.1. The van der Waals surface area contributed by atoms with Gasteiger partial charge >= 0.3 is 0 Å². The van der Waals surface area contributed by atoms with Gasteiger partial charge in [0, 0.05) is 91.7 Å². The standard InChI is InChI=1S/C22H37N3Si.C13H17N3/c1-17(2)26(18(3)4,19(5)6)25-12-11-20-21(9-8-10-22(20)25)24-15-13-23(7)14-16-24;1-15-7-9-16(10-8-15)13-4-2-3-12-11(13)5-6-14-12/h8-12,17-19H,13-16H2,1-7H3;2-6,14H,7-10H2,1H3. The van der Waals surface area contributed by atoms with Crippen LogP contribution < -0.4 is 9.80 Å². The van der Waals surface area contributed by atoms with Gasteiger partial charge in [0.05, 0.1) is 0 Å². The molecule has 4 heterocycles. The third kappa shape index (κ3) is 5.75. The van der Waals surface area contributed by atoms with E-state index in [1.807, 2.05) is 6.20 Å². The number of likely N-dealkylation sites (N-methyl/N-ethyl adjacent to an activating group) is 2. The van der Waals surface area contributed by atoms with Gasteiger partial charge in [0.1, 0.15) is 0 Å². The minimum absolute atomic E-state index is 0.713. The van der Waals surface area contributed by atoms with Gasteiger partial charge in [-0.15, -0.1) is 0 Å². The largest absolute Gasteiger partial charge is 0.373 e. The molecule has 4 aromatic rings. The Morgan fingerprint density at radius 2 is 1.10 bits per heavy atom. The summed E-state index contributed by atoms with van der Waals surface area (Å²) in [7, 11) is 2.70. The van der Waals surface area contributed by atoms with Gasteiger partial charge in [-0.2, -0.15) is 0 Å². The van der Waals surface area contributed by atoms with E-state index in [-0.39, 0.29) is 0 Å². The van der Waals surface area contributed by atoms with Crippen molar-refractivity contribution in [3.8, 4) is 0 Å². The molecule has 0 bridgehead atoms. The molecule has 2 saturated heterocycles. The molecule has 0 aliphatic carbocycles. The Labute approximate surface area is 255 Å². The van der Waals surface area contributed by atoms with Crippen LogP contribution in [0.15, 0.2) is 60.9 Å². The van der Waals surface area contributed by atoms with Crippen LogP contribution in [0.2, 0.25) is 16.6 Å². The number of aromatic nitrogens is 2. The smallest absolute Gasteiger partial charge is 0.169 e. The molecule has 0 spiro atoms. The zero-order valence-corrected chi connectivity index (χ0v) is 28.4. The molecule has 0 radical (unpaired) electrons. The summed E-state index contributed by atoms with van der Waals surface area (Å²) in [6.45, 7) is 23.8. The van der Waals surface area contributed by atoms with Crippen molar-refractivity contribution in [1.29, 1.82) is 0 Å². The SMILES string of the molecule is CC(C)[Si](C(C)C)(C(C)C)n1ccc2c(N3CCN(C)CC3)cccc21.CN1CCN(c2cccc3[nH]ccc23)CC1. The van der Waals surface area contributed by atoms with Crippen molar-refractivity contribution in [2.24, 2.45) is 0 Å². The second-order valence-electron chi connectivity index (χ2n) is 13.5. The number of hydrogen-bond donors (Lipinski definition) is 1. The fourth-order valence-electron chi connectivity index (χ4n) is 8.04. The maximum absolute atomic E-state index is 3.27. The lowest BCUT2D eigenvalue weighted by atomic mass is 10.2. The summed E-state index contributed by atoms with van der Waals surface area (Å²) in [5.74, 6) is 0. The number of hydrogen-bond acceptors (Lipinski definition) is 4. The molecule has 0 atom stereocenters. The van der Waals surface area contributed by atoms with Crippen molar-refractivity contribution >= 4 is 41.4 Å². The van der Waals surface area contributed by atoms with Crippen LogP contribution in [0.5, 0.6) is 0 Å². The fraction of sp³-hybridized carbons (Fsp3) is 0.543. The Morgan fingerprint density at radius 1 is 0.595 bits per heavy atom. The van der Waals surface area contributed by atoms with Crippen LogP contribution >= 0.6 is 0 Å². The van der Waals surface area contributed by atoms with E-state index in [9.17, 15) is 0 Å². The molecule has 7 heteroatoms. The first kappa shape index (κ1) is 30.7. The maximum atomic E-state index is 3.27. The van der Waals surface area contributed by atoms with Crippen molar-refractivity contribution in [2.45, 2.75) is 58.2 Å². The van der Waals surface area contributed by atoms with Crippen LogP contribution in [0, 0.1) is 0 Å². The Hall–Kier alpha value is -2.74. The van der Waals surface area contributed by atoms with Crippen molar-refractivity contribution in [3.05, 3.63) is 60.9 Å². The minimum atomic E-state index is -1.71. The summed E-state index contributed by atoms with van der Waals surface area (Å²) in [6, 6.07) is 18.0. The van der Waals surface area contributed by atoms with Crippen molar-refractivity contribution in [1.82, 2.24) is 19.0 Å². The van der Waals surface area contributed by atoms with E-state index in [4.69, 9.17) is 0 Å². The highest BCUT2D eigenvalue weighted by atomic mass is 28.3. The van der Waals surface area contributed by atoms with Crippen LogP contribution in [-0.2, 0) is 0 Å². The number of piperazine rings is 2. The van der Waals surface area contributed by atoms with Gasteiger partial charge in [0.2, 0.25) is 0 Å². The number of H-pyrrole nitrogens is 1. The molecule has 0 amide bonds. The molecular weight excluding hydrogens is 533 g/mol. The molecular formula is C35H54N6Si. The molecule has 1 N–H and O–H groups in total. The fourth-order valence-corrected chi connectivity index (χ4v) is 14.7. The molecule has 2 aromatic heterocycles. The number of rotatable bonds is 6. The molecule has 2 fully saturated rings. The van der Waals surface area contributed by atoms with Gasteiger partial charge in [-0.05, 0) is 73.3 Å².